The van der Waals surface area contributed by atoms with Crippen LogP contribution in [0.25, 0.3) is 11.0 Å². The molecular weight excluding hydrogens is 366 g/mol. The Morgan fingerprint density at radius 3 is 2.62 bits per heavy atom. The molecule has 1 aliphatic rings. The molecule has 0 aliphatic heterocycles. The third-order valence-electron chi connectivity index (χ3n) is 5.81. The van der Waals surface area contributed by atoms with E-state index in [1.54, 1.807) is 36.4 Å². The number of carboxylic acids is 1. The maximum Gasteiger partial charge on any atom is 0.337 e. The predicted octanol–water partition coefficient (Wildman–Crippen LogP) is 5.71. The second kappa shape index (κ2) is 8.11. The zero-order valence-electron chi connectivity index (χ0n) is 16.5. The number of carbonyl (C=O) groups is 1. The van der Waals surface area contributed by atoms with E-state index in [-0.39, 0.29) is 17.0 Å². The molecule has 1 heterocycles. The van der Waals surface area contributed by atoms with E-state index < -0.39 is 5.97 Å². The fraction of sp³-hybridized carbons (Fsp3) is 0.333. The van der Waals surface area contributed by atoms with Gasteiger partial charge in [-0.15, -0.1) is 0 Å². The lowest BCUT2D eigenvalue weighted by atomic mass is 9.87. The molecule has 0 saturated heterocycles. The average molecular weight is 391 g/mol. The fourth-order valence-corrected chi connectivity index (χ4v) is 4.25. The number of hydrogen-bond donors (Lipinski definition) is 2. The van der Waals surface area contributed by atoms with Crippen molar-refractivity contribution in [2.45, 2.75) is 51.0 Å². The Morgan fingerprint density at radius 1 is 1.10 bits per heavy atom. The summed E-state index contributed by atoms with van der Waals surface area (Å²) in [7, 11) is 0. The van der Waals surface area contributed by atoms with Gasteiger partial charge < -0.3 is 14.8 Å². The molecule has 1 aliphatic carbocycles. The number of fused-ring (bicyclic) bond motifs is 1. The molecule has 1 atom stereocenters. The topological polar surface area (TPSA) is 79.5 Å². The van der Waals surface area contributed by atoms with Crippen LogP contribution in [-0.2, 0) is 0 Å². The Balaban J connectivity index is 1.74. The first-order chi connectivity index (χ1) is 14.0. The molecule has 3 aromatic rings. The van der Waals surface area contributed by atoms with Gasteiger partial charge in [0.2, 0.25) is 0 Å². The first-order valence-corrected chi connectivity index (χ1v) is 10.2. The zero-order chi connectivity index (χ0) is 20.4. The largest absolute Gasteiger partial charge is 0.478 e. The highest BCUT2D eigenvalue weighted by molar-refractivity contribution is 5.94. The van der Waals surface area contributed by atoms with Crippen molar-refractivity contribution < 1.29 is 14.3 Å². The third kappa shape index (κ3) is 3.90. The van der Waals surface area contributed by atoms with Crippen LogP contribution in [-0.4, -0.2) is 11.1 Å². The van der Waals surface area contributed by atoms with Gasteiger partial charge in [-0.25, -0.2) is 4.79 Å². The van der Waals surface area contributed by atoms with E-state index in [9.17, 15) is 14.7 Å². The Morgan fingerprint density at radius 2 is 1.86 bits per heavy atom. The monoisotopic (exact) mass is 391 g/mol. The summed E-state index contributed by atoms with van der Waals surface area (Å²) >= 11 is 0. The molecule has 1 aromatic heterocycles. The second-order valence-corrected chi connectivity index (χ2v) is 7.79. The molecule has 2 N–H and O–H groups in total. The lowest BCUT2D eigenvalue weighted by molar-refractivity contribution is 0.0698. The van der Waals surface area contributed by atoms with E-state index in [1.807, 2.05) is 19.1 Å². The van der Waals surface area contributed by atoms with Crippen molar-refractivity contribution in [2.24, 2.45) is 0 Å². The lowest BCUT2D eigenvalue weighted by Gasteiger charge is -2.22. The van der Waals surface area contributed by atoms with E-state index in [4.69, 9.17) is 4.42 Å². The Kier molecular flexibility index (Phi) is 5.38. The Labute approximate surface area is 169 Å². The fourth-order valence-electron chi connectivity index (χ4n) is 4.25. The van der Waals surface area contributed by atoms with Gasteiger partial charge in [0.05, 0.1) is 17.0 Å². The summed E-state index contributed by atoms with van der Waals surface area (Å²) < 4.78 is 6.29. The summed E-state index contributed by atoms with van der Waals surface area (Å²) in [6.45, 7) is 1.95. The second-order valence-electron chi connectivity index (χ2n) is 7.79. The quantitative estimate of drug-likeness (QED) is 0.582. The number of anilines is 1. The smallest absolute Gasteiger partial charge is 0.337 e. The molecule has 0 spiro atoms. The summed E-state index contributed by atoms with van der Waals surface area (Å²) in [4.78, 5) is 24.3. The van der Waals surface area contributed by atoms with Crippen molar-refractivity contribution in [3.63, 3.8) is 0 Å². The van der Waals surface area contributed by atoms with Crippen LogP contribution < -0.4 is 10.7 Å². The van der Waals surface area contributed by atoms with Crippen molar-refractivity contribution >= 4 is 22.6 Å². The molecular formula is C24H25NO4. The highest BCUT2D eigenvalue weighted by atomic mass is 16.4. The average Bonchev–Trinajstić information content (AvgIpc) is 2.74. The van der Waals surface area contributed by atoms with Crippen molar-refractivity contribution in [3.05, 3.63) is 75.6 Å². The molecule has 1 fully saturated rings. The molecule has 5 heteroatoms. The number of rotatable bonds is 5. The van der Waals surface area contributed by atoms with Crippen LogP contribution in [0.5, 0.6) is 0 Å². The normalized spacial score (nSPS) is 15.9. The van der Waals surface area contributed by atoms with Crippen LogP contribution >= 0.6 is 0 Å². The highest BCUT2D eigenvalue weighted by Gasteiger charge is 2.21. The summed E-state index contributed by atoms with van der Waals surface area (Å²) in [6.07, 6.45) is 5.67. The van der Waals surface area contributed by atoms with Gasteiger partial charge >= 0.3 is 5.97 Å². The number of aromatic carboxylic acids is 1. The van der Waals surface area contributed by atoms with Crippen LogP contribution in [0, 0.1) is 0 Å². The van der Waals surface area contributed by atoms with Gasteiger partial charge in [0.1, 0.15) is 11.3 Å². The molecule has 0 bridgehead atoms. The molecule has 29 heavy (non-hydrogen) atoms. The summed E-state index contributed by atoms with van der Waals surface area (Å²) in [5, 5.41) is 13.3. The molecule has 5 nitrogen and oxygen atoms in total. The van der Waals surface area contributed by atoms with Gasteiger partial charge in [0, 0.05) is 23.2 Å². The van der Waals surface area contributed by atoms with Crippen molar-refractivity contribution in [1.29, 1.82) is 0 Å². The molecule has 4 rings (SSSR count). The number of hydrogen-bond acceptors (Lipinski definition) is 4. The van der Waals surface area contributed by atoms with Crippen LogP contribution in [0.4, 0.5) is 5.69 Å². The maximum atomic E-state index is 12.8. The number of para-hydroxylation sites is 2. The number of nitrogens with one attached hydrogen (secondary N) is 1. The first kappa shape index (κ1) is 19.2. The maximum absolute atomic E-state index is 12.8. The zero-order valence-corrected chi connectivity index (χ0v) is 16.5. The molecule has 0 amide bonds. The van der Waals surface area contributed by atoms with Crippen molar-refractivity contribution in [1.82, 2.24) is 0 Å². The predicted molar refractivity (Wildman–Crippen MR) is 114 cm³/mol. The van der Waals surface area contributed by atoms with Gasteiger partial charge in [0.15, 0.2) is 5.43 Å². The lowest BCUT2D eigenvalue weighted by Crippen LogP contribution is -2.13. The van der Waals surface area contributed by atoms with Gasteiger partial charge in [-0.3, -0.25) is 4.79 Å². The van der Waals surface area contributed by atoms with Gasteiger partial charge in [-0.2, -0.15) is 0 Å². The van der Waals surface area contributed by atoms with E-state index in [0.29, 0.717) is 22.6 Å². The number of carboxylic acid groups (broad SMARTS) is 1. The van der Waals surface area contributed by atoms with E-state index in [2.05, 4.69) is 5.32 Å². The third-order valence-corrected chi connectivity index (χ3v) is 5.81. The summed E-state index contributed by atoms with van der Waals surface area (Å²) in [5.41, 5.74) is 2.16. The minimum Gasteiger partial charge on any atom is -0.478 e. The SMILES string of the molecule is CC(Nc1ccccc1C(=O)O)c1cccc2c(=O)cc(C3CCCCC3)oc12. The van der Waals surface area contributed by atoms with Crippen LogP contribution in [0.3, 0.4) is 0 Å². The Hall–Kier alpha value is -3.08. The molecule has 0 radical (unpaired) electrons. The van der Waals surface area contributed by atoms with Crippen molar-refractivity contribution in [3.8, 4) is 0 Å². The van der Waals surface area contributed by atoms with Gasteiger partial charge in [-0.05, 0) is 38.0 Å². The highest BCUT2D eigenvalue weighted by Crippen LogP contribution is 2.35. The molecule has 2 aromatic carbocycles. The molecule has 150 valence electrons. The molecule has 1 unspecified atom stereocenters. The van der Waals surface area contributed by atoms with Gasteiger partial charge in [0.25, 0.3) is 0 Å². The minimum absolute atomic E-state index is 0.0215. The minimum atomic E-state index is -0.982. The summed E-state index contributed by atoms with van der Waals surface area (Å²) in [5.74, 6) is 0.0852. The van der Waals surface area contributed by atoms with Crippen molar-refractivity contribution in [2.75, 3.05) is 5.32 Å². The number of benzene rings is 2. The Bertz CT molecular complexity index is 1100. The van der Waals surface area contributed by atoms with E-state index in [1.165, 1.54) is 6.42 Å². The molecule has 1 saturated carbocycles. The van der Waals surface area contributed by atoms with Crippen LogP contribution in [0.1, 0.15) is 72.7 Å². The standard InChI is InChI=1S/C24H25NO4/c1-15(25-20-13-6-5-10-18(20)24(27)28)17-11-7-12-19-21(26)14-22(29-23(17)19)16-8-3-2-4-9-16/h5-7,10-16,25H,2-4,8-9H2,1H3,(H,27,28). The summed E-state index contributed by atoms with van der Waals surface area (Å²) in [6, 6.07) is 13.8. The van der Waals surface area contributed by atoms with Crippen LogP contribution in [0.15, 0.2) is 57.7 Å². The van der Waals surface area contributed by atoms with Gasteiger partial charge in [-0.1, -0.05) is 43.5 Å². The van der Waals surface area contributed by atoms with Crippen LogP contribution in [0.2, 0.25) is 0 Å². The van der Waals surface area contributed by atoms with E-state index >= 15 is 0 Å². The first-order valence-electron chi connectivity index (χ1n) is 10.2. The van der Waals surface area contributed by atoms with E-state index in [0.717, 1.165) is 37.0 Å².